The molecule has 0 aromatic heterocycles. The summed E-state index contributed by atoms with van der Waals surface area (Å²) >= 11 is 0. The highest BCUT2D eigenvalue weighted by atomic mass is 19.1. The van der Waals surface area contributed by atoms with E-state index < -0.39 is 0 Å². The van der Waals surface area contributed by atoms with Crippen molar-refractivity contribution in [2.24, 2.45) is 0 Å². The van der Waals surface area contributed by atoms with E-state index in [2.05, 4.69) is 58.1 Å². The maximum atomic E-state index is 14.5. The van der Waals surface area contributed by atoms with Gasteiger partial charge in [-0.2, -0.15) is 0 Å². The van der Waals surface area contributed by atoms with Crippen LogP contribution in [0.1, 0.15) is 59.1 Å². The Morgan fingerprint density at radius 2 is 1.77 bits per heavy atom. The zero-order chi connectivity index (χ0) is 30.6. The van der Waals surface area contributed by atoms with Crippen LogP contribution in [0.3, 0.4) is 0 Å². The van der Waals surface area contributed by atoms with E-state index in [1.165, 1.54) is 17.2 Å². The number of halogens is 1. The molecule has 3 aliphatic rings. The van der Waals surface area contributed by atoms with E-state index in [0.29, 0.717) is 19.1 Å². The van der Waals surface area contributed by atoms with Crippen LogP contribution in [0.25, 0.3) is 5.57 Å². The van der Waals surface area contributed by atoms with Crippen molar-refractivity contribution in [3.8, 4) is 5.75 Å². The number of benzene rings is 3. The Hall–Kier alpha value is -3.52. The first kappa shape index (κ1) is 30.5. The average Bonchev–Trinajstić information content (AvgIpc) is 3.88. The number of nitrogens with zero attached hydrogens (tertiary/aromatic N) is 1. The van der Waals surface area contributed by atoms with E-state index >= 15 is 0 Å². The van der Waals surface area contributed by atoms with Crippen molar-refractivity contribution in [2.45, 2.75) is 77.2 Å². The predicted molar refractivity (Wildman–Crippen MR) is 174 cm³/mol. The van der Waals surface area contributed by atoms with Gasteiger partial charge in [-0.25, -0.2) is 4.39 Å². The van der Waals surface area contributed by atoms with E-state index in [4.69, 9.17) is 4.74 Å². The standard InChI is InChI=1S/C37H45FN4O2/c1-24-28(8-4-10-33(24)38)20-39-18-6-7-26-12-14-27(15-13-26)32-19-30-21-40-22-34(41-30)36(32)37(43)42(31-16-17-31)23-29-9-5-11-35(44-3)25(29)2/h4-5,8-15,30-31,34,39-41H,6-7,16-23H2,1-3H3/t30?,34-/m1/s1. The maximum Gasteiger partial charge on any atom is 0.252 e. The molecule has 2 atom stereocenters. The predicted octanol–water partition coefficient (Wildman–Crippen LogP) is 5.45. The highest BCUT2D eigenvalue weighted by Gasteiger charge is 2.41. The molecule has 1 amide bonds. The number of rotatable bonds is 12. The number of amides is 1. The average molecular weight is 597 g/mol. The molecule has 232 valence electrons. The lowest BCUT2D eigenvalue weighted by molar-refractivity contribution is -0.128. The summed E-state index contributed by atoms with van der Waals surface area (Å²) in [4.78, 5) is 16.6. The normalized spacial score (nSPS) is 19.6. The first-order chi connectivity index (χ1) is 21.4. The summed E-state index contributed by atoms with van der Waals surface area (Å²) in [6.45, 7) is 7.73. The molecule has 1 saturated carbocycles. The van der Waals surface area contributed by atoms with E-state index in [0.717, 1.165) is 90.9 Å². The number of nitrogens with one attached hydrogen (secondary N) is 3. The monoisotopic (exact) mass is 596 g/mol. The summed E-state index contributed by atoms with van der Waals surface area (Å²) in [6.07, 6.45) is 4.92. The molecule has 2 fully saturated rings. The molecule has 7 heteroatoms. The van der Waals surface area contributed by atoms with Crippen LogP contribution in [0.15, 0.2) is 66.2 Å². The third-order valence-electron chi connectivity index (χ3n) is 9.55. The number of hydrogen-bond donors (Lipinski definition) is 3. The lowest BCUT2D eigenvalue weighted by atomic mass is 9.83. The van der Waals surface area contributed by atoms with Gasteiger partial charge in [-0.15, -0.1) is 0 Å². The van der Waals surface area contributed by atoms with Gasteiger partial charge in [-0.1, -0.05) is 48.5 Å². The van der Waals surface area contributed by atoms with Crippen molar-refractivity contribution in [3.05, 3.63) is 105 Å². The van der Waals surface area contributed by atoms with Crippen molar-refractivity contribution in [1.29, 1.82) is 0 Å². The van der Waals surface area contributed by atoms with Crippen molar-refractivity contribution >= 4 is 11.5 Å². The van der Waals surface area contributed by atoms with Crippen molar-refractivity contribution in [1.82, 2.24) is 20.9 Å². The summed E-state index contributed by atoms with van der Waals surface area (Å²) in [7, 11) is 1.70. The number of ether oxygens (including phenoxy) is 1. The van der Waals surface area contributed by atoms with Crippen LogP contribution in [0.4, 0.5) is 4.39 Å². The molecule has 6 rings (SSSR count). The van der Waals surface area contributed by atoms with E-state index in [9.17, 15) is 9.18 Å². The van der Waals surface area contributed by atoms with Crippen LogP contribution in [-0.4, -0.2) is 55.7 Å². The molecule has 6 nitrogen and oxygen atoms in total. The van der Waals surface area contributed by atoms with E-state index in [1.54, 1.807) is 13.2 Å². The first-order valence-corrected chi connectivity index (χ1v) is 16.1. The second kappa shape index (κ2) is 13.6. The van der Waals surface area contributed by atoms with Gasteiger partial charge in [0.1, 0.15) is 11.6 Å². The largest absolute Gasteiger partial charge is 0.496 e. The summed E-state index contributed by atoms with van der Waals surface area (Å²) < 4.78 is 19.4. The molecule has 2 bridgehead atoms. The van der Waals surface area contributed by atoms with Gasteiger partial charge in [0, 0.05) is 43.8 Å². The summed E-state index contributed by atoms with van der Waals surface area (Å²) in [5.41, 5.74) is 8.52. The Bertz CT molecular complexity index is 1510. The third-order valence-corrected chi connectivity index (χ3v) is 9.55. The lowest BCUT2D eigenvalue weighted by Gasteiger charge is -2.41. The minimum Gasteiger partial charge on any atom is -0.496 e. The number of methoxy groups -OCH3 is 1. The zero-order valence-corrected chi connectivity index (χ0v) is 26.2. The highest BCUT2D eigenvalue weighted by molar-refractivity contribution is 6.03. The van der Waals surface area contributed by atoms with Crippen molar-refractivity contribution < 1.29 is 13.9 Å². The molecule has 0 radical (unpaired) electrons. The third kappa shape index (κ3) is 6.75. The number of fused-ring (bicyclic) bond motifs is 2. The van der Waals surface area contributed by atoms with Gasteiger partial charge in [0.05, 0.1) is 13.2 Å². The van der Waals surface area contributed by atoms with Crippen LogP contribution >= 0.6 is 0 Å². The number of hydrogen-bond acceptors (Lipinski definition) is 5. The minimum absolute atomic E-state index is 0.00475. The minimum atomic E-state index is -0.148. The van der Waals surface area contributed by atoms with Crippen LogP contribution in [0, 0.1) is 19.7 Å². The fraction of sp³-hybridized carbons (Fsp3) is 0.432. The molecule has 3 aromatic rings. The van der Waals surface area contributed by atoms with E-state index in [-0.39, 0.29) is 23.8 Å². The fourth-order valence-corrected chi connectivity index (χ4v) is 6.74. The van der Waals surface area contributed by atoms with Crippen molar-refractivity contribution in [3.63, 3.8) is 0 Å². The Labute approximate surface area is 261 Å². The Morgan fingerprint density at radius 1 is 1.00 bits per heavy atom. The van der Waals surface area contributed by atoms with Crippen LogP contribution in [0.5, 0.6) is 5.75 Å². The molecule has 1 unspecified atom stereocenters. The number of carbonyl (C=O) groups excluding carboxylic acids is 1. The Kier molecular flexibility index (Phi) is 9.45. The fourth-order valence-electron chi connectivity index (χ4n) is 6.74. The molecule has 3 aromatic carbocycles. The number of aryl methyl sites for hydroxylation is 1. The van der Waals surface area contributed by atoms with Gasteiger partial charge < -0.3 is 25.6 Å². The lowest BCUT2D eigenvalue weighted by Crippen LogP contribution is -2.60. The quantitative estimate of drug-likeness (QED) is 0.243. The molecule has 1 saturated heterocycles. The number of carbonyl (C=O) groups is 1. The van der Waals surface area contributed by atoms with Gasteiger partial charge in [0.15, 0.2) is 0 Å². The van der Waals surface area contributed by atoms with Gasteiger partial charge >= 0.3 is 0 Å². The highest BCUT2D eigenvalue weighted by Crippen LogP contribution is 2.37. The van der Waals surface area contributed by atoms with Crippen LogP contribution in [-0.2, 0) is 24.3 Å². The van der Waals surface area contributed by atoms with Gasteiger partial charge in [-0.3, -0.25) is 4.79 Å². The smallest absolute Gasteiger partial charge is 0.252 e. The summed E-state index contributed by atoms with van der Waals surface area (Å²) in [6, 6.07) is 20.8. The molecule has 2 heterocycles. The molecule has 44 heavy (non-hydrogen) atoms. The molecule has 2 aliphatic heterocycles. The second-order valence-electron chi connectivity index (χ2n) is 12.6. The number of piperazine rings is 1. The van der Waals surface area contributed by atoms with Gasteiger partial charge in [0.25, 0.3) is 5.91 Å². The van der Waals surface area contributed by atoms with Crippen molar-refractivity contribution in [2.75, 3.05) is 26.7 Å². The molecular formula is C37H45FN4O2. The first-order valence-electron chi connectivity index (χ1n) is 16.1. The zero-order valence-electron chi connectivity index (χ0n) is 26.2. The molecule has 0 spiro atoms. The SMILES string of the molecule is COc1cccc(CN(C(=O)C2=C(c3ccc(CCCNCc4cccc(F)c4C)cc3)CC3CNC[C@H]2N3)C2CC2)c1C. The maximum absolute atomic E-state index is 14.5. The second-order valence-corrected chi connectivity index (χ2v) is 12.6. The Balaban J connectivity index is 1.17. The van der Waals surface area contributed by atoms with Gasteiger partial charge in [-0.05, 0) is 104 Å². The summed E-state index contributed by atoms with van der Waals surface area (Å²) in [5.74, 6) is 0.875. The van der Waals surface area contributed by atoms with Crippen LogP contribution in [0.2, 0.25) is 0 Å². The Morgan fingerprint density at radius 3 is 2.55 bits per heavy atom. The summed E-state index contributed by atoms with van der Waals surface area (Å²) in [5, 5.41) is 10.8. The van der Waals surface area contributed by atoms with Crippen LogP contribution < -0.4 is 20.7 Å². The molecule has 1 aliphatic carbocycles. The van der Waals surface area contributed by atoms with E-state index in [1.807, 2.05) is 25.1 Å². The molecular weight excluding hydrogens is 551 g/mol. The van der Waals surface area contributed by atoms with Gasteiger partial charge in [0.2, 0.25) is 0 Å². The topological polar surface area (TPSA) is 65.6 Å². The molecule has 3 N–H and O–H groups in total.